The number of carbonyl (C=O) groups is 2. The second kappa shape index (κ2) is 6.81. The molecule has 1 atom stereocenters. The zero-order valence-corrected chi connectivity index (χ0v) is 8.93. The van der Waals surface area contributed by atoms with E-state index < -0.39 is 0 Å². The number of hydrogen-bond acceptors (Lipinski definition) is 2. The van der Waals surface area contributed by atoms with Crippen LogP contribution in [0.5, 0.6) is 0 Å². The van der Waals surface area contributed by atoms with Crippen molar-refractivity contribution < 1.29 is 9.59 Å². The first-order valence-corrected chi connectivity index (χ1v) is 5.20. The van der Waals surface area contributed by atoms with E-state index >= 15 is 0 Å². The van der Waals surface area contributed by atoms with Crippen LogP contribution in [0.15, 0.2) is 0 Å². The molecule has 0 heterocycles. The van der Waals surface area contributed by atoms with Gasteiger partial charge in [0.2, 0.25) is 5.78 Å². The molecule has 0 aromatic rings. The molecule has 0 bridgehead atoms. The number of ketones is 2. The van der Waals surface area contributed by atoms with Crippen molar-refractivity contribution in [3.8, 4) is 0 Å². The molecule has 0 aliphatic carbocycles. The summed E-state index contributed by atoms with van der Waals surface area (Å²) in [6.07, 6.45) is 4.04. The topological polar surface area (TPSA) is 34.1 Å². The Morgan fingerprint density at radius 2 is 1.77 bits per heavy atom. The molecule has 0 fully saturated rings. The van der Waals surface area contributed by atoms with Crippen LogP contribution in [-0.2, 0) is 9.59 Å². The lowest BCUT2D eigenvalue weighted by Crippen LogP contribution is -2.21. The molecule has 0 spiro atoms. The lowest BCUT2D eigenvalue weighted by atomic mass is 9.96. The summed E-state index contributed by atoms with van der Waals surface area (Å²) in [5.41, 5.74) is 0. The highest BCUT2D eigenvalue weighted by molar-refractivity contribution is 6.37. The number of Topliss-reactive ketones (excluding diaryl/α,β-unsaturated/α-hetero) is 2. The molecular formula is C11H20O2. The van der Waals surface area contributed by atoms with Crippen LogP contribution in [0.25, 0.3) is 0 Å². The van der Waals surface area contributed by atoms with Gasteiger partial charge in [-0.1, -0.05) is 33.6 Å². The largest absolute Gasteiger partial charge is 0.291 e. The van der Waals surface area contributed by atoms with Gasteiger partial charge >= 0.3 is 0 Å². The molecule has 13 heavy (non-hydrogen) atoms. The van der Waals surface area contributed by atoms with Crippen LogP contribution < -0.4 is 0 Å². The SMILES string of the molecule is CCCCC(=O)C(=O)C(C)CCC. The number of rotatable bonds is 7. The second-order valence-corrected chi connectivity index (χ2v) is 3.58. The molecule has 0 saturated carbocycles. The summed E-state index contributed by atoms with van der Waals surface area (Å²) in [4.78, 5) is 22.7. The minimum absolute atomic E-state index is 0.0747. The quantitative estimate of drug-likeness (QED) is 0.570. The Morgan fingerprint density at radius 1 is 1.15 bits per heavy atom. The minimum Gasteiger partial charge on any atom is -0.291 e. The molecule has 76 valence electrons. The normalized spacial score (nSPS) is 12.5. The van der Waals surface area contributed by atoms with Gasteiger partial charge in [-0.15, -0.1) is 0 Å². The highest BCUT2D eigenvalue weighted by atomic mass is 16.2. The smallest absolute Gasteiger partial charge is 0.201 e. The summed E-state index contributed by atoms with van der Waals surface area (Å²) in [5.74, 6) is -0.424. The van der Waals surface area contributed by atoms with Crippen molar-refractivity contribution in [2.24, 2.45) is 5.92 Å². The van der Waals surface area contributed by atoms with Gasteiger partial charge in [0, 0.05) is 12.3 Å². The Balaban J connectivity index is 3.87. The summed E-state index contributed by atoms with van der Waals surface area (Å²) >= 11 is 0. The molecule has 0 aliphatic heterocycles. The molecule has 1 unspecified atom stereocenters. The average Bonchev–Trinajstić information content (AvgIpc) is 2.13. The Hall–Kier alpha value is -0.660. The predicted molar refractivity (Wildman–Crippen MR) is 53.6 cm³/mol. The first-order valence-electron chi connectivity index (χ1n) is 5.20. The van der Waals surface area contributed by atoms with Crippen molar-refractivity contribution >= 4 is 11.6 Å². The maximum Gasteiger partial charge on any atom is 0.201 e. The summed E-state index contributed by atoms with van der Waals surface area (Å²) in [7, 11) is 0. The molecule has 0 radical (unpaired) electrons. The van der Waals surface area contributed by atoms with Gasteiger partial charge in [0.15, 0.2) is 5.78 Å². The van der Waals surface area contributed by atoms with Crippen molar-refractivity contribution in [3.63, 3.8) is 0 Å². The van der Waals surface area contributed by atoms with Crippen LogP contribution in [0.4, 0.5) is 0 Å². The number of carbonyl (C=O) groups excluding carboxylic acids is 2. The van der Waals surface area contributed by atoms with Crippen molar-refractivity contribution in [2.75, 3.05) is 0 Å². The maximum absolute atomic E-state index is 11.4. The molecule has 0 saturated heterocycles. The van der Waals surface area contributed by atoms with E-state index in [1.807, 2.05) is 20.8 Å². The Morgan fingerprint density at radius 3 is 2.23 bits per heavy atom. The summed E-state index contributed by atoms with van der Waals surface area (Å²) in [6.45, 7) is 5.89. The third kappa shape index (κ3) is 4.81. The van der Waals surface area contributed by atoms with E-state index in [0.29, 0.717) is 6.42 Å². The summed E-state index contributed by atoms with van der Waals surface area (Å²) < 4.78 is 0. The molecule has 0 rings (SSSR count). The van der Waals surface area contributed by atoms with Gasteiger partial charge in [-0.25, -0.2) is 0 Å². The first-order chi connectivity index (χ1) is 6.13. The molecule has 0 N–H and O–H groups in total. The standard InChI is InChI=1S/C11H20O2/c1-4-6-8-10(12)11(13)9(3)7-5-2/h9H,4-8H2,1-3H3. The molecule has 0 aromatic heterocycles. The van der Waals surface area contributed by atoms with Gasteiger partial charge in [0.25, 0.3) is 0 Å². The molecule has 2 heteroatoms. The third-order valence-electron chi connectivity index (χ3n) is 2.20. The number of hydrogen-bond donors (Lipinski definition) is 0. The van der Waals surface area contributed by atoms with Gasteiger partial charge in [-0.3, -0.25) is 9.59 Å². The van der Waals surface area contributed by atoms with E-state index in [1.165, 1.54) is 0 Å². The monoisotopic (exact) mass is 184 g/mol. The van der Waals surface area contributed by atoms with Crippen LogP contribution >= 0.6 is 0 Å². The van der Waals surface area contributed by atoms with Crippen molar-refractivity contribution in [1.29, 1.82) is 0 Å². The fraction of sp³-hybridized carbons (Fsp3) is 0.818. The molecule has 0 aliphatic rings. The average molecular weight is 184 g/mol. The third-order valence-corrected chi connectivity index (χ3v) is 2.20. The second-order valence-electron chi connectivity index (χ2n) is 3.58. The van der Waals surface area contributed by atoms with Crippen LogP contribution in [0.3, 0.4) is 0 Å². The summed E-state index contributed by atoms with van der Waals surface area (Å²) in [5, 5.41) is 0. The fourth-order valence-electron chi connectivity index (χ4n) is 1.30. The zero-order valence-electron chi connectivity index (χ0n) is 8.93. The van der Waals surface area contributed by atoms with Gasteiger partial charge in [-0.05, 0) is 12.8 Å². The highest BCUT2D eigenvalue weighted by Crippen LogP contribution is 2.09. The zero-order chi connectivity index (χ0) is 10.3. The van der Waals surface area contributed by atoms with Crippen molar-refractivity contribution in [3.05, 3.63) is 0 Å². The van der Waals surface area contributed by atoms with Gasteiger partial charge in [0.1, 0.15) is 0 Å². The molecule has 0 amide bonds. The first kappa shape index (κ1) is 12.3. The predicted octanol–water partition coefficient (Wildman–Crippen LogP) is 2.75. The van der Waals surface area contributed by atoms with E-state index in [1.54, 1.807) is 0 Å². The minimum atomic E-state index is -0.178. The molecular weight excluding hydrogens is 164 g/mol. The Kier molecular flexibility index (Phi) is 6.47. The van der Waals surface area contributed by atoms with Crippen LogP contribution in [0.1, 0.15) is 52.9 Å². The molecule has 0 aromatic carbocycles. The van der Waals surface area contributed by atoms with E-state index in [4.69, 9.17) is 0 Å². The lowest BCUT2D eigenvalue weighted by molar-refractivity contribution is -0.138. The van der Waals surface area contributed by atoms with Crippen LogP contribution in [-0.4, -0.2) is 11.6 Å². The van der Waals surface area contributed by atoms with E-state index in [0.717, 1.165) is 25.7 Å². The van der Waals surface area contributed by atoms with Gasteiger partial charge < -0.3 is 0 Å². The van der Waals surface area contributed by atoms with E-state index in [9.17, 15) is 9.59 Å². The highest BCUT2D eigenvalue weighted by Gasteiger charge is 2.19. The van der Waals surface area contributed by atoms with E-state index in [-0.39, 0.29) is 17.5 Å². The lowest BCUT2D eigenvalue weighted by Gasteiger charge is -2.06. The van der Waals surface area contributed by atoms with E-state index in [2.05, 4.69) is 0 Å². The van der Waals surface area contributed by atoms with Gasteiger partial charge in [0.05, 0.1) is 0 Å². The van der Waals surface area contributed by atoms with Crippen molar-refractivity contribution in [2.45, 2.75) is 52.9 Å². The Labute approximate surface area is 80.7 Å². The Bertz CT molecular complexity index is 173. The summed E-state index contributed by atoms with van der Waals surface area (Å²) in [6, 6.07) is 0. The van der Waals surface area contributed by atoms with Gasteiger partial charge in [-0.2, -0.15) is 0 Å². The van der Waals surface area contributed by atoms with Crippen LogP contribution in [0.2, 0.25) is 0 Å². The van der Waals surface area contributed by atoms with Crippen molar-refractivity contribution in [1.82, 2.24) is 0 Å². The maximum atomic E-state index is 11.4. The molecule has 2 nitrogen and oxygen atoms in total. The van der Waals surface area contributed by atoms with Crippen LogP contribution in [0, 0.1) is 5.92 Å². The fourth-order valence-corrected chi connectivity index (χ4v) is 1.30. The number of unbranched alkanes of at least 4 members (excludes halogenated alkanes) is 1.